The van der Waals surface area contributed by atoms with E-state index in [0.29, 0.717) is 0 Å². The van der Waals surface area contributed by atoms with Gasteiger partial charge in [-0.3, -0.25) is 4.79 Å². The Balaban J connectivity index is 2.28. The van der Waals surface area contributed by atoms with Gasteiger partial charge in [0.1, 0.15) is 17.3 Å². The van der Waals surface area contributed by atoms with Crippen LogP contribution in [0.5, 0.6) is 0 Å². The average molecular weight is 294 g/mol. The Kier molecular flexibility index (Phi) is 4.26. The second kappa shape index (κ2) is 5.95. The maximum absolute atomic E-state index is 13.7. The fraction of sp³-hybridized carbons (Fsp3) is 0.200. The van der Waals surface area contributed by atoms with Gasteiger partial charge in [0.25, 0.3) is 5.91 Å². The van der Waals surface area contributed by atoms with E-state index in [9.17, 15) is 18.0 Å². The summed E-state index contributed by atoms with van der Waals surface area (Å²) in [6.07, 6.45) is 0. The summed E-state index contributed by atoms with van der Waals surface area (Å²) in [6.45, 7) is 1.55. The number of halogens is 3. The molecule has 0 saturated carbocycles. The Morgan fingerprint density at radius 2 is 1.90 bits per heavy atom. The molecule has 0 bridgehead atoms. The predicted molar refractivity (Wildman–Crippen MR) is 71.1 cm³/mol. The molecule has 0 aliphatic rings. The van der Waals surface area contributed by atoms with E-state index in [2.05, 4.69) is 4.98 Å². The van der Waals surface area contributed by atoms with Gasteiger partial charge >= 0.3 is 0 Å². The lowest BCUT2D eigenvalue weighted by molar-refractivity contribution is 0.0733. The fourth-order valence-corrected chi connectivity index (χ4v) is 1.93. The van der Waals surface area contributed by atoms with Crippen molar-refractivity contribution in [2.75, 3.05) is 7.05 Å². The molecule has 21 heavy (non-hydrogen) atoms. The molecule has 2 rings (SSSR count). The summed E-state index contributed by atoms with van der Waals surface area (Å²) in [6, 6.07) is 6.14. The normalized spacial score (nSPS) is 12.0. The van der Waals surface area contributed by atoms with Gasteiger partial charge in [0.05, 0.1) is 6.04 Å². The molecule has 1 atom stereocenters. The summed E-state index contributed by atoms with van der Waals surface area (Å²) in [7, 11) is 1.42. The third kappa shape index (κ3) is 3.21. The maximum atomic E-state index is 13.7. The Labute approximate surface area is 120 Å². The molecule has 0 saturated heterocycles. The standard InChI is InChI=1S/C15H13F3N2O/c1-9(11-8-10(16)6-7-12(11)17)20(2)15(21)13-4-3-5-14(18)19-13/h3-9H,1-2H3. The minimum atomic E-state index is -0.779. The number of aromatic nitrogens is 1. The fourth-order valence-electron chi connectivity index (χ4n) is 1.93. The number of carbonyl (C=O) groups is 1. The van der Waals surface area contributed by atoms with Crippen LogP contribution in [0.2, 0.25) is 0 Å². The first-order valence-electron chi connectivity index (χ1n) is 6.25. The maximum Gasteiger partial charge on any atom is 0.272 e. The van der Waals surface area contributed by atoms with Gasteiger partial charge < -0.3 is 4.90 Å². The number of benzene rings is 1. The highest BCUT2D eigenvalue weighted by Crippen LogP contribution is 2.23. The number of nitrogens with zero attached hydrogens (tertiary/aromatic N) is 2. The summed E-state index contributed by atoms with van der Waals surface area (Å²) in [5.74, 6) is -2.57. The molecule has 1 unspecified atom stereocenters. The molecule has 2 aromatic rings. The van der Waals surface area contributed by atoms with E-state index < -0.39 is 29.5 Å². The van der Waals surface area contributed by atoms with E-state index in [-0.39, 0.29) is 11.3 Å². The van der Waals surface area contributed by atoms with E-state index in [1.165, 1.54) is 24.1 Å². The van der Waals surface area contributed by atoms with Gasteiger partial charge in [-0.05, 0) is 37.3 Å². The smallest absolute Gasteiger partial charge is 0.272 e. The molecule has 110 valence electrons. The van der Waals surface area contributed by atoms with E-state index >= 15 is 0 Å². The highest BCUT2D eigenvalue weighted by Gasteiger charge is 2.22. The number of rotatable bonds is 3. The van der Waals surface area contributed by atoms with Gasteiger partial charge in [0, 0.05) is 12.6 Å². The highest BCUT2D eigenvalue weighted by atomic mass is 19.1. The van der Waals surface area contributed by atoms with Gasteiger partial charge in [0.15, 0.2) is 0 Å². The molecular formula is C15H13F3N2O. The molecule has 0 fully saturated rings. The Bertz CT molecular complexity index is 676. The van der Waals surface area contributed by atoms with Crippen molar-refractivity contribution in [1.29, 1.82) is 0 Å². The van der Waals surface area contributed by atoms with Crippen LogP contribution in [0.25, 0.3) is 0 Å². The van der Waals surface area contributed by atoms with Crippen molar-refractivity contribution in [2.24, 2.45) is 0 Å². The highest BCUT2D eigenvalue weighted by molar-refractivity contribution is 5.92. The van der Waals surface area contributed by atoms with E-state index in [4.69, 9.17) is 0 Å². The largest absolute Gasteiger partial charge is 0.333 e. The minimum absolute atomic E-state index is 0.0438. The van der Waals surface area contributed by atoms with Crippen molar-refractivity contribution in [1.82, 2.24) is 9.88 Å². The number of pyridine rings is 1. The van der Waals surface area contributed by atoms with Gasteiger partial charge in [-0.15, -0.1) is 0 Å². The Morgan fingerprint density at radius 3 is 2.57 bits per heavy atom. The Hall–Kier alpha value is -2.37. The van der Waals surface area contributed by atoms with Gasteiger partial charge in [0.2, 0.25) is 5.95 Å². The molecule has 0 spiro atoms. The van der Waals surface area contributed by atoms with E-state index in [1.54, 1.807) is 6.92 Å². The second-order valence-electron chi connectivity index (χ2n) is 4.60. The van der Waals surface area contributed by atoms with Crippen LogP contribution >= 0.6 is 0 Å². The summed E-state index contributed by atoms with van der Waals surface area (Å²) in [5.41, 5.74) is -0.0524. The summed E-state index contributed by atoms with van der Waals surface area (Å²) >= 11 is 0. The first-order valence-corrected chi connectivity index (χ1v) is 6.25. The topological polar surface area (TPSA) is 33.2 Å². The van der Waals surface area contributed by atoms with Crippen molar-refractivity contribution in [3.63, 3.8) is 0 Å². The van der Waals surface area contributed by atoms with Crippen molar-refractivity contribution >= 4 is 5.91 Å². The SMILES string of the molecule is CC(c1cc(F)ccc1F)N(C)C(=O)c1cccc(F)n1. The van der Waals surface area contributed by atoms with Crippen LogP contribution in [0.15, 0.2) is 36.4 Å². The number of amides is 1. The van der Waals surface area contributed by atoms with Crippen LogP contribution in [0.1, 0.15) is 29.0 Å². The van der Waals surface area contributed by atoms with E-state index in [0.717, 1.165) is 24.3 Å². The van der Waals surface area contributed by atoms with Crippen LogP contribution in [0.3, 0.4) is 0 Å². The van der Waals surface area contributed by atoms with Gasteiger partial charge in [-0.25, -0.2) is 13.8 Å². The van der Waals surface area contributed by atoms with Gasteiger partial charge in [-0.1, -0.05) is 6.07 Å². The molecule has 0 aliphatic carbocycles. The van der Waals surface area contributed by atoms with Gasteiger partial charge in [-0.2, -0.15) is 4.39 Å². The lowest BCUT2D eigenvalue weighted by atomic mass is 10.1. The van der Waals surface area contributed by atoms with Crippen LogP contribution in [0, 0.1) is 17.6 Å². The molecule has 3 nitrogen and oxygen atoms in total. The first kappa shape index (κ1) is 15.0. The number of hydrogen-bond donors (Lipinski definition) is 0. The molecule has 1 amide bonds. The zero-order valence-corrected chi connectivity index (χ0v) is 11.5. The van der Waals surface area contributed by atoms with Crippen molar-refractivity contribution in [2.45, 2.75) is 13.0 Å². The third-order valence-corrected chi connectivity index (χ3v) is 3.24. The zero-order valence-electron chi connectivity index (χ0n) is 11.5. The number of hydrogen-bond acceptors (Lipinski definition) is 2. The average Bonchev–Trinajstić information content (AvgIpc) is 2.47. The molecule has 0 aliphatic heterocycles. The van der Waals surface area contributed by atoms with Crippen LogP contribution < -0.4 is 0 Å². The third-order valence-electron chi connectivity index (χ3n) is 3.24. The lowest BCUT2D eigenvalue weighted by Crippen LogP contribution is -2.31. The molecular weight excluding hydrogens is 281 g/mol. The van der Waals surface area contributed by atoms with Crippen LogP contribution in [0.4, 0.5) is 13.2 Å². The molecule has 6 heteroatoms. The van der Waals surface area contributed by atoms with Crippen molar-refractivity contribution in [3.05, 3.63) is 65.2 Å². The summed E-state index contributed by atoms with van der Waals surface area (Å²) in [4.78, 5) is 16.9. The minimum Gasteiger partial charge on any atom is -0.333 e. The number of carbonyl (C=O) groups excluding carboxylic acids is 1. The molecule has 0 N–H and O–H groups in total. The second-order valence-corrected chi connectivity index (χ2v) is 4.60. The molecule has 0 radical (unpaired) electrons. The lowest BCUT2D eigenvalue weighted by Gasteiger charge is -2.25. The zero-order chi connectivity index (χ0) is 15.6. The molecule has 1 aromatic carbocycles. The van der Waals surface area contributed by atoms with Crippen molar-refractivity contribution < 1.29 is 18.0 Å². The quantitative estimate of drug-likeness (QED) is 0.814. The van der Waals surface area contributed by atoms with Crippen LogP contribution in [-0.4, -0.2) is 22.8 Å². The Morgan fingerprint density at radius 1 is 1.19 bits per heavy atom. The first-order chi connectivity index (χ1) is 9.90. The monoisotopic (exact) mass is 294 g/mol. The predicted octanol–water partition coefficient (Wildman–Crippen LogP) is 3.33. The molecule has 1 heterocycles. The van der Waals surface area contributed by atoms with Crippen molar-refractivity contribution in [3.8, 4) is 0 Å². The summed E-state index contributed by atoms with van der Waals surface area (Å²) < 4.78 is 40.0. The molecule has 1 aromatic heterocycles. The van der Waals surface area contributed by atoms with Crippen LogP contribution in [-0.2, 0) is 0 Å². The van der Waals surface area contributed by atoms with E-state index in [1.807, 2.05) is 0 Å². The summed E-state index contributed by atoms with van der Waals surface area (Å²) in [5, 5.41) is 0.